The Balaban J connectivity index is 1.89. The summed E-state index contributed by atoms with van der Waals surface area (Å²) in [5.74, 6) is -0.148. The standard InChI is InChI=1S/C23H22Cl2N2O4S/c1-15-12-17(24)8-10-20(15)26-23(28)21(13-16-6-4-3-5-7-16)27-32(29,30)18-9-11-22(31-2)19(25)14-18/h3-12,14,21,27H,13H2,1-2H3,(H,26,28)/t21-/m0/s1. The van der Waals surface area contributed by atoms with Crippen LogP contribution in [-0.4, -0.2) is 27.5 Å². The topological polar surface area (TPSA) is 84.5 Å². The predicted molar refractivity (Wildman–Crippen MR) is 127 cm³/mol. The van der Waals surface area contributed by atoms with Gasteiger partial charge in [-0.2, -0.15) is 4.72 Å². The number of anilines is 1. The minimum absolute atomic E-state index is 0.0724. The van der Waals surface area contributed by atoms with E-state index in [1.165, 1.54) is 25.3 Å². The Kier molecular flexibility index (Phi) is 7.79. The van der Waals surface area contributed by atoms with E-state index < -0.39 is 22.0 Å². The molecule has 0 aromatic heterocycles. The van der Waals surface area contributed by atoms with E-state index in [-0.39, 0.29) is 16.3 Å². The molecule has 0 saturated heterocycles. The molecule has 0 aliphatic heterocycles. The number of ether oxygens (including phenoxy) is 1. The summed E-state index contributed by atoms with van der Waals surface area (Å²) >= 11 is 12.1. The van der Waals surface area contributed by atoms with Crippen molar-refractivity contribution in [1.29, 1.82) is 0 Å². The second-order valence-corrected chi connectivity index (χ2v) is 9.67. The number of carbonyl (C=O) groups excluding carboxylic acids is 1. The fourth-order valence-electron chi connectivity index (χ4n) is 3.09. The largest absolute Gasteiger partial charge is 0.495 e. The number of nitrogens with one attached hydrogen (secondary N) is 2. The Morgan fingerprint density at radius 3 is 2.38 bits per heavy atom. The lowest BCUT2D eigenvalue weighted by atomic mass is 10.1. The maximum absolute atomic E-state index is 13.1. The van der Waals surface area contributed by atoms with E-state index in [2.05, 4.69) is 10.0 Å². The lowest BCUT2D eigenvalue weighted by Gasteiger charge is -2.20. The number of aryl methyl sites for hydroxylation is 1. The average Bonchev–Trinajstić information content (AvgIpc) is 2.75. The van der Waals surface area contributed by atoms with Crippen LogP contribution in [0.2, 0.25) is 10.0 Å². The van der Waals surface area contributed by atoms with Gasteiger partial charge in [-0.15, -0.1) is 0 Å². The van der Waals surface area contributed by atoms with Gasteiger partial charge in [-0.3, -0.25) is 4.79 Å². The van der Waals surface area contributed by atoms with Crippen molar-refractivity contribution in [3.63, 3.8) is 0 Å². The third-order valence-electron chi connectivity index (χ3n) is 4.78. The van der Waals surface area contributed by atoms with Gasteiger partial charge < -0.3 is 10.1 Å². The highest BCUT2D eigenvalue weighted by Crippen LogP contribution is 2.27. The SMILES string of the molecule is COc1ccc(S(=O)(=O)N[C@@H](Cc2ccccc2)C(=O)Nc2ccc(Cl)cc2C)cc1Cl. The van der Waals surface area contributed by atoms with E-state index in [1.807, 2.05) is 30.3 Å². The van der Waals surface area contributed by atoms with Crippen molar-refractivity contribution in [2.24, 2.45) is 0 Å². The van der Waals surface area contributed by atoms with Crippen LogP contribution in [0, 0.1) is 6.92 Å². The van der Waals surface area contributed by atoms with Gasteiger partial charge in [-0.25, -0.2) is 8.42 Å². The first-order valence-electron chi connectivity index (χ1n) is 9.66. The Morgan fingerprint density at radius 2 is 1.75 bits per heavy atom. The second kappa shape index (κ2) is 10.4. The van der Waals surface area contributed by atoms with Crippen LogP contribution in [0.4, 0.5) is 5.69 Å². The molecule has 0 fully saturated rings. The third-order valence-corrected chi connectivity index (χ3v) is 6.78. The molecule has 2 N–H and O–H groups in total. The number of hydrogen-bond donors (Lipinski definition) is 2. The quantitative estimate of drug-likeness (QED) is 0.471. The Hall–Kier alpha value is -2.58. The van der Waals surface area contributed by atoms with Crippen molar-refractivity contribution in [3.05, 3.63) is 87.9 Å². The van der Waals surface area contributed by atoms with Crippen molar-refractivity contribution >= 4 is 44.8 Å². The molecule has 3 aromatic carbocycles. The van der Waals surface area contributed by atoms with Gasteiger partial charge >= 0.3 is 0 Å². The van der Waals surface area contributed by atoms with Crippen molar-refractivity contribution in [3.8, 4) is 5.75 Å². The normalized spacial score (nSPS) is 12.2. The number of rotatable bonds is 8. The highest BCUT2D eigenvalue weighted by molar-refractivity contribution is 7.89. The van der Waals surface area contributed by atoms with Crippen LogP contribution in [-0.2, 0) is 21.2 Å². The van der Waals surface area contributed by atoms with E-state index in [0.717, 1.165) is 11.1 Å². The minimum Gasteiger partial charge on any atom is -0.495 e. The lowest BCUT2D eigenvalue weighted by Crippen LogP contribution is -2.45. The number of carbonyl (C=O) groups is 1. The highest BCUT2D eigenvalue weighted by atomic mass is 35.5. The van der Waals surface area contributed by atoms with Gasteiger partial charge in [0.2, 0.25) is 15.9 Å². The molecular weight excluding hydrogens is 471 g/mol. The zero-order valence-corrected chi connectivity index (χ0v) is 19.8. The van der Waals surface area contributed by atoms with E-state index in [4.69, 9.17) is 27.9 Å². The average molecular weight is 493 g/mol. The highest BCUT2D eigenvalue weighted by Gasteiger charge is 2.27. The van der Waals surface area contributed by atoms with Crippen LogP contribution in [0.3, 0.4) is 0 Å². The van der Waals surface area contributed by atoms with Gasteiger partial charge in [0, 0.05) is 10.7 Å². The zero-order chi connectivity index (χ0) is 23.3. The zero-order valence-electron chi connectivity index (χ0n) is 17.4. The maximum Gasteiger partial charge on any atom is 0.242 e. The molecule has 6 nitrogen and oxygen atoms in total. The van der Waals surface area contributed by atoms with Gasteiger partial charge in [0.25, 0.3) is 0 Å². The molecule has 1 atom stereocenters. The van der Waals surface area contributed by atoms with Gasteiger partial charge in [-0.05, 0) is 60.9 Å². The van der Waals surface area contributed by atoms with Crippen LogP contribution >= 0.6 is 23.2 Å². The Labute approximate surface area is 197 Å². The molecule has 0 unspecified atom stereocenters. The molecule has 0 bridgehead atoms. The van der Waals surface area contributed by atoms with Crippen LogP contribution in [0.25, 0.3) is 0 Å². The first-order valence-corrected chi connectivity index (χ1v) is 11.9. The number of halogens is 2. The third kappa shape index (κ3) is 6.01. The summed E-state index contributed by atoms with van der Waals surface area (Å²) in [6, 6.07) is 17.2. The molecule has 3 aromatic rings. The molecule has 0 spiro atoms. The van der Waals surface area contributed by atoms with Gasteiger partial charge in [-0.1, -0.05) is 53.5 Å². The van der Waals surface area contributed by atoms with E-state index in [9.17, 15) is 13.2 Å². The first kappa shape index (κ1) is 24.1. The molecule has 168 valence electrons. The fourth-order valence-corrected chi connectivity index (χ4v) is 4.86. The van der Waals surface area contributed by atoms with Gasteiger partial charge in [0.1, 0.15) is 11.8 Å². The molecule has 0 aliphatic carbocycles. The molecule has 1 amide bonds. The summed E-state index contributed by atoms with van der Waals surface area (Å²) in [7, 11) is -2.62. The van der Waals surface area contributed by atoms with Crippen molar-refractivity contribution in [2.75, 3.05) is 12.4 Å². The summed E-state index contributed by atoms with van der Waals surface area (Å²) in [6.45, 7) is 1.80. The summed E-state index contributed by atoms with van der Waals surface area (Å²) in [4.78, 5) is 13.0. The molecule has 3 rings (SSSR count). The van der Waals surface area contributed by atoms with Crippen molar-refractivity contribution in [2.45, 2.75) is 24.3 Å². The van der Waals surface area contributed by atoms with Gasteiger partial charge in [0.15, 0.2) is 0 Å². The van der Waals surface area contributed by atoms with Crippen LogP contribution in [0.15, 0.2) is 71.6 Å². The second-order valence-electron chi connectivity index (χ2n) is 7.11. The summed E-state index contributed by atoms with van der Waals surface area (Å²) < 4.78 is 33.7. The molecule has 9 heteroatoms. The van der Waals surface area contributed by atoms with Gasteiger partial charge in [0.05, 0.1) is 17.0 Å². The maximum atomic E-state index is 13.1. The van der Waals surface area contributed by atoms with Crippen molar-refractivity contribution < 1.29 is 17.9 Å². The van der Waals surface area contributed by atoms with Crippen LogP contribution < -0.4 is 14.8 Å². The molecule has 0 heterocycles. The van der Waals surface area contributed by atoms with Crippen molar-refractivity contribution in [1.82, 2.24) is 4.72 Å². The molecule has 32 heavy (non-hydrogen) atoms. The monoisotopic (exact) mass is 492 g/mol. The number of hydrogen-bond acceptors (Lipinski definition) is 4. The molecular formula is C23H22Cl2N2O4S. The molecule has 0 radical (unpaired) electrons. The Morgan fingerprint density at radius 1 is 1.03 bits per heavy atom. The van der Waals surface area contributed by atoms with E-state index >= 15 is 0 Å². The number of sulfonamides is 1. The van der Waals surface area contributed by atoms with Crippen LogP contribution in [0.1, 0.15) is 11.1 Å². The summed E-state index contributed by atoms with van der Waals surface area (Å²) in [5.41, 5.74) is 2.11. The number of methoxy groups -OCH3 is 1. The van der Waals surface area contributed by atoms with E-state index in [0.29, 0.717) is 16.5 Å². The smallest absolute Gasteiger partial charge is 0.242 e. The summed E-state index contributed by atoms with van der Waals surface area (Å²) in [5, 5.41) is 3.48. The molecule has 0 saturated carbocycles. The van der Waals surface area contributed by atoms with Crippen LogP contribution in [0.5, 0.6) is 5.75 Å². The first-order chi connectivity index (χ1) is 15.2. The number of benzene rings is 3. The minimum atomic E-state index is -4.05. The molecule has 0 aliphatic rings. The Bertz CT molecular complexity index is 1220. The van der Waals surface area contributed by atoms with E-state index in [1.54, 1.807) is 25.1 Å². The summed E-state index contributed by atoms with van der Waals surface area (Å²) in [6.07, 6.45) is 0.155. The number of amides is 1. The fraction of sp³-hybridized carbons (Fsp3) is 0.174. The lowest BCUT2D eigenvalue weighted by molar-refractivity contribution is -0.117. The predicted octanol–water partition coefficient (Wildman–Crippen LogP) is 4.84.